The van der Waals surface area contributed by atoms with Gasteiger partial charge in [0, 0.05) is 26.4 Å². The highest BCUT2D eigenvalue weighted by Gasteiger charge is 2.27. The molecule has 1 heterocycles. The van der Waals surface area contributed by atoms with Crippen LogP contribution in [0.4, 0.5) is 4.79 Å². The molecule has 0 radical (unpaired) electrons. The highest BCUT2D eigenvalue weighted by atomic mass is 16.6. The third-order valence-electron chi connectivity index (χ3n) is 2.44. The molecule has 0 aromatic carbocycles. The van der Waals surface area contributed by atoms with Crippen LogP contribution in [0.3, 0.4) is 0 Å². The number of hydrogen-bond acceptors (Lipinski definition) is 3. The van der Waals surface area contributed by atoms with E-state index in [1.54, 1.807) is 11.9 Å². The molecular weight excluding hydrogens is 208 g/mol. The Balaban J connectivity index is 2.12. The van der Waals surface area contributed by atoms with Crippen LogP contribution in [0.5, 0.6) is 0 Å². The van der Waals surface area contributed by atoms with Gasteiger partial charge in [0.2, 0.25) is 5.91 Å². The zero-order valence-corrected chi connectivity index (χ0v) is 10.2. The van der Waals surface area contributed by atoms with Crippen LogP contribution in [0.2, 0.25) is 0 Å². The van der Waals surface area contributed by atoms with Crippen molar-refractivity contribution in [2.24, 2.45) is 5.92 Å². The summed E-state index contributed by atoms with van der Waals surface area (Å²) < 4.78 is 5.07. The first-order valence-corrected chi connectivity index (χ1v) is 5.67. The first kappa shape index (κ1) is 12.8. The van der Waals surface area contributed by atoms with Crippen molar-refractivity contribution in [1.29, 1.82) is 0 Å². The van der Waals surface area contributed by atoms with Gasteiger partial charge in [0.25, 0.3) is 0 Å². The predicted octanol–water partition coefficient (Wildman–Crippen LogP) is 0.989. The second-order valence-electron chi connectivity index (χ2n) is 4.62. The zero-order chi connectivity index (χ0) is 12.1. The van der Waals surface area contributed by atoms with Gasteiger partial charge < -0.3 is 15.0 Å². The highest BCUT2D eigenvalue weighted by Crippen LogP contribution is 2.11. The minimum absolute atomic E-state index is 0.0627. The van der Waals surface area contributed by atoms with Crippen molar-refractivity contribution in [3.05, 3.63) is 0 Å². The summed E-state index contributed by atoms with van der Waals surface area (Å²) in [5.41, 5.74) is 0. The maximum Gasteiger partial charge on any atom is 0.409 e. The average molecular weight is 228 g/mol. The maximum absolute atomic E-state index is 11.3. The van der Waals surface area contributed by atoms with Crippen molar-refractivity contribution in [2.75, 3.05) is 20.1 Å². The van der Waals surface area contributed by atoms with Crippen LogP contribution >= 0.6 is 0 Å². The number of carbonyl (C=O) groups excluding carboxylic acids is 2. The van der Waals surface area contributed by atoms with Crippen LogP contribution in [-0.2, 0) is 9.53 Å². The van der Waals surface area contributed by atoms with E-state index in [1.807, 2.05) is 13.8 Å². The summed E-state index contributed by atoms with van der Waals surface area (Å²) in [6.07, 6.45) is 0.861. The number of ether oxygens (including phenoxy) is 1. The van der Waals surface area contributed by atoms with E-state index in [0.717, 1.165) is 0 Å². The first-order chi connectivity index (χ1) is 7.49. The van der Waals surface area contributed by atoms with Crippen LogP contribution in [0, 0.1) is 5.92 Å². The van der Waals surface area contributed by atoms with Crippen LogP contribution in [0.15, 0.2) is 0 Å². The lowest BCUT2D eigenvalue weighted by Crippen LogP contribution is -2.29. The van der Waals surface area contributed by atoms with E-state index in [1.165, 1.54) is 0 Å². The summed E-state index contributed by atoms with van der Waals surface area (Å²) in [5.74, 6) is 0.433. The fourth-order valence-corrected chi connectivity index (χ4v) is 1.62. The molecule has 0 saturated carbocycles. The molecule has 92 valence electrons. The van der Waals surface area contributed by atoms with E-state index in [2.05, 4.69) is 5.32 Å². The Morgan fingerprint density at radius 1 is 1.62 bits per heavy atom. The Morgan fingerprint density at radius 3 is 2.81 bits per heavy atom. The summed E-state index contributed by atoms with van der Waals surface area (Å²) in [7, 11) is 1.71. The van der Waals surface area contributed by atoms with E-state index < -0.39 is 0 Å². The van der Waals surface area contributed by atoms with Gasteiger partial charge in [-0.15, -0.1) is 0 Å². The fourth-order valence-electron chi connectivity index (χ4n) is 1.62. The molecule has 0 spiro atoms. The van der Waals surface area contributed by atoms with Crippen LogP contribution < -0.4 is 5.32 Å². The van der Waals surface area contributed by atoms with Crippen molar-refractivity contribution in [3.8, 4) is 0 Å². The fraction of sp³-hybridized carbons (Fsp3) is 0.818. The number of rotatable bonds is 5. The van der Waals surface area contributed by atoms with Crippen LogP contribution in [-0.4, -0.2) is 43.1 Å². The standard InChI is InChI=1S/C11H20N2O3/c1-8(2)6-10(14)12-5-4-9-7-13(3)11(15)16-9/h8-9H,4-7H2,1-3H3,(H,12,14). The van der Waals surface area contributed by atoms with Gasteiger partial charge in [-0.05, 0) is 5.92 Å². The lowest BCUT2D eigenvalue weighted by Gasteiger charge is -2.10. The average Bonchev–Trinajstić information content (AvgIpc) is 2.44. The number of hydrogen-bond donors (Lipinski definition) is 1. The smallest absolute Gasteiger partial charge is 0.409 e. The molecule has 0 aromatic heterocycles. The van der Waals surface area contributed by atoms with Crippen LogP contribution in [0.1, 0.15) is 26.7 Å². The van der Waals surface area contributed by atoms with Gasteiger partial charge in [-0.2, -0.15) is 0 Å². The molecule has 0 aliphatic carbocycles. The van der Waals surface area contributed by atoms with Crippen molar-refractivity contribution in [1.82, 2.24) is 10.2 Å². The zero-order valence-electron chi connectivity index (χ0n) is 10.2. The minimum Gasteiger partial charge on any atom is -0.444 e. The number of cyclic esters (lactones) is 1. The van der Waals surface area contributed by atoms with E-state index in [-0.39, 0.29) is 18.1 Å². The van der Waals surface area contributed by atoms with E-state index in [4.69, 9.17) is 4.74 Å². The van der Waals surface area contributed by atoms with Gasteiger partial charge in [0.15, 0.2) is 0 Å². The number of likely N-dealkylation sites (N-methyl/N-ethyl adjacent to an activating group) is 1. The van der Waals surface area contributed by atoms with Gasteiger partial charge >= 0.3 is 6.09 Å². The molecule has 1 atom stereocenters. The molecule has 5 nitrogen and oxygen atoms in total. The SMILES string of the molecule is CC(C)CC(=O)NCCC1CN(C)C(=O)O1. The van der Waals surface area contributed by atoms with Gasteiger partial charge in [-0.1, -0.05) is 13.8 Å². The molecule has 1 rings (SSSR count). The van der Waals surface area contributed by atoms with Gasteiger partial charge in [-0.3, -0.25) is 4.79 Å². The second kappa shape index (κ2) is 5.72. The monoisotopic (exact) mass is 228 g/mol. The van der Waals surface area contributed by atoms with E-state index in [9.17, 15) is 9.59 Å². The summed E-state index contributed by atoms with van der Waals surface area (Å²) in [6.45, 7) is 5.19. The normalized spacial score (nSPS) is 20.1. The topological polar surface area (TPSA) is 58.6 Å². The van der Waals surface area contributed by atoms with E-state index in [0.29, 0.717) is 31.8 Å². The second-order valence-corrected chi connectivity index (χ2v) is 4.62. The highest BCUT2D eigenvalue weighted by molar-refractivity contribution is 5.76. The first-order valence-electron chi connectivity index (χ1n) is 5.67. The summed E-state index contributed by atoms with van der Waals surface area (Å²) in [6, 6.07) is 0. The molecular formula is C11H20N2O3. The van der Waals surface area contributed by atoms with Gasteiger partial charge in [0.05, 0.1) is 6.54 Å². The number of nitrogens with one attached hydrogen (secondary N) is 1. The summed E-state index contributed by atoms with van der Waals surface area (Å²) in [4.78, 5) is 23.9. The molecule has 1 N–H and O–H groups in total. The molecule has 0 aromatic rings. The number of carbonyl (C=O) groups is 2. The van der Waals surface area contributed by atoms with Crippen LogP contribution in [0.25, 0.3) is 0 Å². The van der Waals surface area contributed by atoms with Gasteiger partial charge in [0.1, 0.15) is 6.10 Å². The third-order valence-corrected chi connectivity index (χ3v) is 2.44. The molecule has 5 heteroatoms. The lowest BCUT2D eigenvalue weighted by atomic mass is 10.1. The molecule has 2 amide bonds. The Kier molecular flexibility index (Phi) is 4.58. The Bertz CT molecular complexity index is 266. The lowest BCUT2D eigenvalue weighted by molar-refractivity contribution is -0.121. The van der Waals surface area contributed by atoms with Crippen molar-refractivity contribution >= 4 is 12.0 Å². The van der Waals surface area contributed by atoms with Gasteiger partial charge in [-0.25, -0.2) is 4.79 Å². The largest absolute Gasteiger partial charge is 0.444 e. The Morgan fingerprint density at radius 2 is 2.31 bits per heavy atom. The predicted molar refractivity (Wildman–Crippen MR) is 60.0 cm³/mol. The van der Waals surface area contributed by atoms with Crippen molar-refractivity contribution < 1.29 is 14.3 Å². The molecule has 1 aliphatic rings. The van der Waals surface area contributed by atoms with Crippen molar-refractivity contribution in [2.45, 2.75) is 32.8 Å². The molecule has 1 aliphatic heterocycles. The maximum atomic E-state index is 11.3. The number of amides is 2. The quantitative estimate of drug-likeness (QED) is 0.763. The number of nitrogens with zero attached hydrogens (tertiary/aromatic N) is 1. The summed E-state index contributed by atoms with van der Waals surface area (Å²) >= 11 is 0. The Hall–Kier alpha value is -1.26. The van der Waals surface area contributed by atoms with Crippen molar-refractivity contribution in [3.63, 3.8) is 0 Å². The third kappa shape index (κ3) is 4.08. The molecule has 1 saturated heterocycles. The molecule has 0 bridgehead atoms. The minimum atomic E-state index is -0.279. The van der Waals surface area contributed by atoms with E-state index >= 15 is 0 Å². The summed E-state index contributed by atoms with van der Waals surface area (Å²) in [5, 5.41) is 2.82. The molecule has 1 fully saturated rings. The molecule has 1 unspecified atom stereocenters. The Labute approximate surface area is 96.1 Å². The molecule has 16 heavy (non-hydrogen) atoms.